The Morgan fingerprint density at radius 2 is 1.81 bits per heavy atom. The Labute approximate surface area is 235 Å². The fourth-order valence-electron chi connectivity index (χ4n) is 3.62. The van der Waals surface area contributed by atoms with Crippen molar-refractivity contribution in [3.63, 3.8) is 0 Å². The highest BCUT2D eigenvalue weighted by atomic mass is 127. The standard InChI is InChI=1S/C26H26FIN3O3P3/c1-16-8-18(10-21(9-16)34-25(2,27)35)23-12-22(24(32)33-15-17-6-4-3-5-7-17)30-31(23)20-11-19(13-29-14-20)26(28,36)37/h3-14H,15,35-37H2,1-2H3. The summed E-state index contributed by atoms with van der Waals surface area (Å²) in [5.41, 5.74) is 2.83. The molecule has 0 aliphatic heterocycles. The molecular weight excluding hydrogens is 641 g/mol. The van der Waals surface area contributed by atoms with Crippen molar-refractivity contribution >= 4 is 56.3 Å². The van der Waals surface area contributed by atoms with Gasteiger partial charge in [-0.1, -0.05) is 62.2 Å². The minimum absolute atomic E-state index is 0.127. The maximum absolute atomic E-state index is 14.2. The molecule has 192 valence electrons. The molecule has 0 radical (unpaired) electrons. The summed E-state index contributed by atoms with van der Waals surface area (Å²) in [7, 11) is 7.53. The van der Waals surface area contributed by atoms with Gasteiger partial charge in [0.05, 0.1) is 20.5 Å². The average molecular weight is 667 g/mol. The van der Waals surface area contributed by atoms with E-state index in [0.29, 0.717) is 22.7 Å². The van der Waals surface area contributed by atoms with Crippen LogP contribution >= 0.6 is 50.3 Å². The molecule has 4 atom stereocenters. The first-order valence-electron chi connectivity index (χ1n) is 11.2. The van der Waals surface area contributed by atoms with Crippen molar-refractivity contribution in [3.05, 3.63) is 95.4 Å². The van der Waals surface area contributed by atoms with Crippen LogP contribution in [0.25, 0.3) is 16.9 Å². The molecule has 11 heteroatoms. The van der Waals surface area contributed by atoms with Crippen LogP contribution in [-0.2, 0) is 14.2 Å². The summed E-state index contributed by atoms with van der Waals surface area (Å²) in [4.78, 5) is 17.4. The minimum Gasteiger partial charge on any atom is -0.456 e. The smallest absolute Gasteiger partial charge is 0.359 e. The van der Waals surface area contributed by atoms with Crippen LogP contribution in [-0.4, -0.2) is 26.3 Å². The summed E-state index contributed by atoms with van der Waals surface area (Å²) in [5, 5.41) is 4.59. The van der Waals surface area contributed by atoms with Crippen molar-refractivity contribution in [2.45, 2.75) is 29.0 Å². The van der Waals surface area contributed by atoms with E-state index in [1.54, 1.807) is 35.3 Å². The Balaban J connectivity index is 1.78. The number of aromatic nitrogens is 3. The van der Waals surface area contributed by atoms with Crippen LogP contribution in [0, 0.1) is 6.92 Å². The maximum Gasteiger partial charge on any atom is 0.359 e. The molecule has 37 heavy (non-hydrogen) atoms. The van der Waals surface area contributed by atoms with Crippen molar-refractivity contribution in [2.24, 2.45) is 0 Å². The molecule has 4 aromatic rings. The molecule has 2 aromatic heterocycles. The van der Waals surface area contributed by atoms with Gasteiger partial charge in [-0.3, -0.25) is 4.98 Å². The third kappa shape index (κ3) is 7.54. The average Bonchev–Trinajstić information content (AvgIpc) is 3.27. The first-order chi connectivity index (χ1) is 17.4. The largest absolute Gasteiger partial charge is 0.456 e. The van der Waals surface area contributed by atoms with Crippen LogP contribution in [0.2, 0.25) is 0 Å². The normalized spacial score (nSPS) is 13.2. The molecule has 0 saturated heterocycles. The lowest BCUT2D eigenvalue weighted by atomic mass is 10.1. The van der Waals surface area contributed by atoms with Gasteiger partial charge in [0.2, 0.25) is 0 Å². The van der Waals surface area contributed by atoms with E-state index in [4.69, 9.17) is 9.47 Å². The predicted octanol–water partition coefficient (Wildman–Crippen LogP) is 6.79. The van der Waals surface area contributed by atoms with Crippen molar-refractivity contribution in [1.82, 2.24) is 14.8 Å². The van der Waals surface area contributed by atoms with Crippen LogP contribution in [0.5, 0.6) is 5.75 Å². The van der Waals surface area contributed by atoms with Crippen molar-refractivity contribution in [2.75, 3.05) is 0 Å². The number of esters is 1. The Morgan fingerprint density at radius 3 is 2.49 bits per heavy atom. The first kappa shape index (κ1) is 28.0. The molecule has 0 N–H and O–H groups in total. The highest BCUT2D eigenvalue weighted by Gasteiger charge is 2.23. The Bertz CT molecular complexity index is 1420. The van der Waals surface area contributed by atoms with Gasteiger partial charge in [-0.05, 0) is 53.9 Å². The lowest BCUT2D eigenvalue weighted by Gasteiger charge is -2.19. The number of rotatable bonds is 8. The van der Waals surface area contributed by atoms with Gasteiger partial charge in [0, 0.05) is 18.7 Å². The molecule has 0 fully saturated rings. The molecular formula is C26H26FIN3O3P3. The van der Waals surface area contributed by atoms with E-state index in [1.165, 1.54) is 6.92 Å². The molecule has 2 heterocycles. The van der Waals surface area contributed by atoms with Gasteiger partial charge < -0.3 is 9.47 Å². The monoisotopic (exact) mass is 667 g/mol. The van der Waals surface area contributed by atoms with Gasteiger partial charge in [-0.2, -0.15) is 9.49 Å². The number of halogens is 2. The number of hydrogen-bond donors (Lipinski definition) is 0. The zero-order valence-electron chi connectivity index (χ0n) is 20.2. The van der Waals surface area contributed by atoms with Crippen LogP contribution < -0.4 is 4.74 Å². The molecule has 0 saturated carbocycles. The van der Waals surface area contributed by atoms with Crippen LogP contribution in [0.3, 0.4) is 0 Å². The number of pyridine rings is 1. The van der Waals surface area contributed by atoms with E-state index in [-0.39, 0.29) is 15.2 Å². The summed E-state index contributed by atoms with van der Waals surface area (Å²) >= 11 is 2.28. The molecule has 2 aromatic carbocycles. The molecule has 0 spiro atoms. The zero-order valence-corrected chi connectivity index (χ0v) is 25.8. The van der Waals surface area contributed by atoms with Gasteiger partial charge in [-0.25, -0.2) is 9.48 Å². The van der Waals surface area contributed by atoms with Crippen molar-refractivity contribution < 1.29 is 18.7 Å². The number of nitrogens with zero attached hydrogens (tertiary/aromatic N) is 3. The second-order valence-electron chi connectivity index (χ2n) is 8.71. The van der Waals surface area contributed by atoms with Gasteiger partial charge in [0.1, 0.15) is 12.4 Å². The fourth-order valence-corrected chi connectivity index (χ4v) is 4.37. The van der Waals surface area contributed by atoms with E-state index in [2.05, 4.69) is 51.2 Å². The molecule has 4 rings (SSSR count). The Morgan fingerprint density at radius 1 is 1.08 bits per heavy atom. The SMILES string of the molecule is Cc1cc(OC(C)(F)P)cc(-c2cc(C(=O)OCc3ccccc3)nn2-c2cncc(C(P)(P)I)c2)c1. The molecule has 6 nitrogen and oxygen atoms in total. The van der Waals surface area contributed by atoms with E-state index in [0.717, 1.165) is 16.7 Å². The lowest BCUT2D eigenvalue weighted by Crippen LogP contribution is -2.16. The summed E-state index contributed by atoms with van der Waals surface area (Å²) in [6, 6.07) is 18.4. The van der Waals surface area contributed by atoms with E-state index < -0.39 is 11.6 Å². The summed E-state index contributed by atoms with van der Waals surface area (Å²) < 4.78 is 26.5. The van der Waals surface area contributed by atoms with E-state index in [1.807, 2.05) is 58.6 Å². The topological polar surface area (TPSA) is 66.2 Å². The third-order valence-corrected chi connectivity index (χ3v) is 6.61. The number of ether oxygens (including phenoxy) is 2. The molecule has 0 bridgehead atoms. The van der Waals surface area contributed by atoms with Gasteiger partial charge >= 0.3 is 5.97 Å². The number of hydrogen-bond acceptors (Lipinski definition) is 5. The second-order valence-corrected chi connectivity index (χ2v) is 16.4. The number of carbonyl (C=O) groups is 1. The van der Waals surface area contributed by atoms with Gasteiger partial charge in [0.25, 0.3) is 5.60 Å². The molecule has 4 unspecified atom stereocenters. The maximum atomic E-state index is 14.2. The zero-order chi connectivity index (χ0) is 26.8. The summed E-state index contributed by atoms with van der Waals surface area (Å²) in [6.45, 7) is 3.32. The van der Waals surface area contributed by atoms with Gasteiger partial charge in [-0.15, -0.1) is 18.5 Å². The number of alkyl halides is 2. The predicted molar refractivity (Wildman–Crippen MR) is 162 cm³/mol. The quantitative estimate of drug-likeness (QED) is 0.0897. The molecule has 0 aliphatic carbocycles. The second kappa shape index (κ2) is 11.4. The number of carbonyl (C=O) groups excluding carboxylic acids is 1. The highest BCUT2D eigenvalue weighted by molar-refractivity contribution is 14.1. The lowest BCUT2D eigenvalue weighted by molar-refractivity contribution is 0.0461. The first-order valence-corrected chi connectivity index (χ1v) is 14.0. The summed E-state index contributed by atoms with van der Waals surface area (Å²) in [6.07, 6.45) is 3.44. The van der Waals surface area contributed by atoms with Crippen molar-refractivity contribution in [3.8, 4) is 22.7 Å². The minimum atomic E-state index is -1.93. The van der Waals surface area contributed by atoms with E-state index >= 15 is 0 Å². The van der Waals surface area contributed by atoms with Crippen LogP contribution in [0.1, 0.15) is 34.1 Å². The van der Waals surface area contributed by atoms with Gasteiger partial charge in [0.15, 0.2) is 5.69 Å². The molecule has 0 aliphatic rings. The van der Waals surface area contributed by atoms with Crippen LogP contribution in [0.15, 0.2) is 73.1 Å². The summed E-state index contributed by atoms with van der Waals surface area (Å²) in [5.74, 6) is -0.206. The third-order valence-electron chi connectivity index (χ3n) is 5.21. The van der Waals surface area contributed by atoms with E-state index in [9.17, 15) is 9.18 Å². The van der Waals surface area contributed by atoms with Crippen LogP contribution in [0.4, 0.5) is 4.39 Å². The fraction of sp³-hybridized carbons (Fsp3) is 0.192. The number of benzene rings is 2. The Hall–Kier alpha value is -1.98. The van der Waals surface area contributed by atoms with Crippen molar-refractivity contribution in [1.29, 1.82) is 0 Å². The highest BCUT2D eigenvalue weighted by Crippen LogP contribution is 2.45. The number of aryl methyl sites for hydroxylation is 1. The molecule has 0 amide bonds. The Kier molecular flexibility index (Phi) is 8.65.